The first kappa shape index (κ1) is 10.5. The van der Waals surface area contributed by atoms with E-state index in [1.165, 1.54) is 5.57 Å². The van der Waals surface area contributed by atoms with Gasteiger partial charge in [0.2, 0.25) is 0 Å². The maximum atomic E-state index is 11.8. The summed E-state index contributed by atoms with van der Waals surface area (Å²) in [4.78, 5) is 11.8. The predicted molar refractivity (Wildman–Crippen MR) is 55.6 cm³/mol. The molecule has 1 fully saturated rings. The summed E-state index contributed by atoms with van der Waals surface area (Å²) in [6.45, 7) is 8.17. The van der Waals surface area contributed by atoms with Crippen molar-refractivity contribution in [2.45, 2.75) is 52.4 Å². The largest absolute Gasteiger partial charge is 0.299 e. The number of ketones is 1. The minimum atomic E-state index is -0.0306. The zero-order valence-electron chi connectivity index (χ0n) is 8.86. The topological polar surface area (TPSA) is 17.1 Å². The molecular formula is C12H20O. The Bertz CT molecular complexity index is 205. The molecule has 74 valence electrons. The zero-order chi connectivity index (χ0) is 9.90. The van der Waals surface area contributed by atoms with Gasteiger partial charge in [-0.05, 0) is 32.1 Å². The van der Waals surface area contributed by atoms with Gasteiger partial charge in [0.1, 0.15) is 5.78 Å². The van der Waals surface area contributed by atoms with Gasteiger partial charge in [-0.15, -0.1) is 0 Å². The summed E-state index contributed by atoms with van der Waals surface area (Å²) in [5.41, 5.74) is 1.29. The van der Waals surface area contributed by atoms with E-state index in [2.05, 4.69) is 20.4 Å². The average molecular weight is 180 g/mol. The molecule has 0 bridgehead atoms. The van der Waals surface area contributed by atoms with Gasteiger partial charge in [0.15, 0.2) is 0 Å². The number of allylic oxidation sites excluding steroid dienone is 1. The molecule has 1 aliphatic carbocycles. The van der Waals surface area contributed by atoms with Crippen LogP contribution in [0.2, 0.25) is 0 Å². The van der Waals surface area contributed by atoms with Crippen LogP contribution in [-0.4, -0.2) is 5.78 Å². The summed E-state index contributed by atoms with van der Waals surface area (Å²) in [6, 6.07) is 0. The third-order valence-corrected chi connectivity index (χ3v) is 3.21. The second-order valence-corrected chi connectivity index (χ2v) is 4.48. The highest BCUT2D eigenvalue weighted by molar-refractivity contribution is 5.84. The first-order valence-corrected chi connectivity index (χ1v) is 5.28. The Morgan fingerprint density at radius 1 is 1.46 bits per heavy atom. The lowest BCUT2D eigenvalue weighted by Gasteiger charge is -2.33. The van der Waals surface area contributed by atoms with Gasteiger partial charge < -0.3 is 0 Å². The van der Waals surface area contributed by atoms with E-state index in [-0.39, 0.29) is 5.41 Å². The fourth-order valence-electron chi connectivity index (χ4n) is 1.96. The summed E-state index contributed by atoms with van der Waals surface area (Å²) in [7, 11) is 0. The predicted octanol–water partition coefficient (Wildman–Crippen LogP) is 3.49. The molecule has 0 atom stereocenters. The number of carbonyl (C=O) groups is 1. The summed E-state index contributed by atoms with van der Waals surface area (Å²) < 4.78 is 0. The Labute approximate surface area is 81.2 Å². The average Bonchev–Trinajstić information content (AvgIpc) is 2.11. The first-order chi connectivity index (χ1) is 6.08. The standard InChI is InChI=1S/C12H20O/c1-4-5-11(13)12(3)8-6-10(2)7-9-12/h2,4-9H2,1,3H3. The molecule has 1 saturated carbocycles. The van der Waals surface area contributed by atoms with Crippen LogP contribution in [0, 0.1) is 5.41 Å². The zero-order valence-corrected chi connectivity index (χ0v) is 8.86. The molecule has 0 spiro atoms. The van der Waals surface area contributed by atoms with Crippen molar-refractivity contribution in [1.29, 1.82) is 0 Å². The van der Waals surface area contributed by atoms with Crippen LogP contribution in [0.1, 0.15) is 52.4 Å². The number of Topliss-reactive ketones (excluding diaryl/α,β-unsaturated/α-hetero) is 1. The van der Waals surface area contributed by atoms with E-state index >= 15 is 0 Å². The van der Waals surface area contributed by atoms with Crippen molar-refractivity contribution in [1.82, 2.24) is 0 Å². The van der Waals surface area contributed by atoms with Gasteiger partial charge in [-0.1, -0.05) is 26.0 Å². The van der Waals surface area contributed by atoms with Gasteiger partial charge in [0.25, 0.3) is 0 Å². The van der Waals surface area contributed by atoms with Gasteiger partial charge in [0.05, 0.1) is 0 Å². The van der Waals surface area contributed by atoms with Gasteiger partial charge in [-0.25, -0.2) is 0 Å². The molecule has 1 nitrogen and oxygen atoms in total. The maximum Gasteiger partial charge on any atom is 0.138 e. The van der Waals surface area contributed by atoms with Crippen LogP contribution in [0.3, 0.4) is 0 Å². The number of hydrogen-bond donors (Lipinski definition) is 0. The molecule has 1 aliphatic rings. The third kappa shape index (κ3) is 2.43. The Morgan fingerprint density at radius 3 is 2.46 bits per heavy atom. The van der Waals surface area contributed by atoms with Crippen molar-refractivity contribution >= 4 is 5.78 Å². The third-order valence-electron chi connectivity index (χ3n) is 3.21. The van der Waals surface area contributed by atoms with Crippen molar-refractivity contribution in [3.05, 3.63) is 12.2 Å². The summed E-state index contributed by atoms with van der Waals surface area (Å²) in [5, 5.41) is 0. The molecule has 0 aromatic rings. The second-order valence-electron chi connectivity index (χ2n) is 4.48. The molecule has 0 heterocycles. The van der Waals surface area contributed by atoms with Crippen LogP contribution in [0.4, 0.5) is 0 Å². The number of hydrogen-bond acceptors (Lipinski definition) is 1. The highest BCUT2D eigenvalue weighted by Gasteiger charge is 2.34. The molecule has 0 radical (unpaired) electrons. The molecule has 0 unspecified atom stereocenters. The summed E-state index contributed by atoms with van der Waals surface area (Å²) in [5.74, 6) is 0.461. The van der Waals surface area contributed by atoms with Crippen LogP contribution in [0.25, 0.3) is 0 Å². The Hall–Kier alpha value is -0.590. The minimum absolute atomic E-state index is 0.0306. The lowest BCUT2D eigenvalue weighted by Crippen LogP contribution is -2.30. The highest BCUT2D eigenvalue weighted by Crippen LogP contribution is 2.39. The molecule has 0 aromatic carbocycles. The van der Waals surface area contributed by atoms with E-state index in [9.17, 15) is 4.79 Å². The SMILES string of the molecule is C=C1CCC(C)(C(=O)CCC)CC1. The van der Waals surface area contributed by atoms with E-state index in [1.807, 2.05) is 0 Å². The monoisotopic (exact) mass is 180 g/mol. The van der Waals surface area contributed by atoms with Crippen molar-refractivity contribution in [3.63, 3.8) is 0 Å². The maximum absolute atomic E-state index is 11.8. The lowest BCUT2D eigenvalue weighted by atomic mass is 9.70. The van der Waals surface area contributed by atoms with Crippen molar-refractivity contribution in [2.24, 2.45) is 5.41 Å². The fourth-order valence-corrected chi connectivity index (χ4v) is 1.96. The first-order valence-electron chi connectivity index (χ1n) is 5.28. The molecule has 0 aliphatic heterocycles. The van der Waals surface area contributed by atoms with Crippen LogP contribution in [0.15, 0.2) is 12.2 Å². The number of rotatable bonds is 3. The number of carbonyl (C=O) groups excluding carboxylic acids is 1. The van der Waals surface area contributed by atoms with Crippen LogP contribution >= 0.6 is 0 Å². The van der Waals surface area contributed by atoms with E-state index in [4.69, 9.17) is 0 Å². The fraction of sp³-hybridized carbons (Fsp3) is 0.750. The Morgan fingerprint density at radius 2 is 2.00 bits per heavy atom. The molecule has 0 aromatic heterocycles. The second kappa shape index (κ2) is 4.08. The van der Waals surface area contributed by atoms with Crippen LogP contribution in [-0.2, 0) is 4.79 Å². The van der Waals surface area contributed by atoms with Gasteiger partial charge in [0, 0.05) is 11.8 Å². The van der Waals surface area contributed by atoms with E-state index in [0.717, 1.165) is 38.5 Å². The summed E-state index contributed by atoms with van der Waals surface area (Å²) >= 11 is 0. The quantitative estimate of drug-likeness (QED) is 0.607. The molecular weight excluding hydrogens is 160 g/mol. The van der Waals surface area contributed by atoms with Crippen molar-refractivity contribution < 1.29 is 4.79 Å². The molecule has 1 rings (SSSR count). The normalized spacial score (nSPS) is 21.5. The lowest BCUT2D eigenvalue weighted by molar-refractivity contribution is -0.129. The van der Waals surface area contributed by atoms with E-state index in [1.54, 1.807) is 0 Å². The minimum Gasteiger partial charge on any atom is -0.299 e. The molecule has 0 saturated heterocycles. The van der Waals surface area contributed by atoms with Gasteiger partial charge >= 0.3 is 0 Å². The van der Waals surface area contributed by atoms with Crippen LogP contribution < -0.4 is 0 Å². The molecule has 13 heavy (non-hydrogen) atoms. The summed E-state index contributed by atoms with van der Waals surface area (Å²) in [6.07, 6.45) is 5.87. The van der Waals surface area contributed by atoms with E-state index < -0.39 is 0 Å². The highest BCUT2D eigenvalue weighted by atomic mass is 16.1. The smallest absolute Gasteiger partial charge is 0.138 e. The van der Waals surface area contributed by atoms with Crippen LogP contribution in [0.5, 0.6) is 0 Å². The van der Waals surface area contributed by atoms with Gasteiger partial charge in [-0.2, -0.15) is 0 Å². The van der Waals surface area contributed by atoms with Crippen molar-refractivity contribution in [3.8, 4) is 0 Å². The molecule has 0 amide bonds. The van der Waals surface area contributed by atoms with Gasteiger partial charge in [-0.3, -0.25) is 4.79 Å². The Kier molecular flexibility index (Phi) is 3.29. The van der Waals surface area contributed by atoms with Crippen molar-refractivity contribution in [2.75, 3.05) is 0 Å². The molecule has 1 heteroatoms. The van der Waals surface area contributed by atoms with E-state index in [0.29, 0.717) is 5.78 Å². The Balaban J connectivity index is 2.56. The molecule has 0 N–H and O–H groups in total.